The van der Waals surface area contributed by atoms with Crippen LogP contribution in [0, 0.1) is 11.8 Å². The monoisotopic (exact) mass is 388 g/mol. The van der Waals surface area contributed by atoms with Crippen molar-refractivity contribution in [1.82, 2.24) is 5.32 Å². The maximum Gasteiger partial charge on any atom is 0.227 e. The van der Waals surface area contributed by atoms with Crippen molar-refractivity contribution >= 4 is 17.5 Å². The van der Waals surface area contributed by atoms with Crippen LogP contribution in [-0.2, 0) is 16.1 Å². The van der Waals surface area contributed by atoms with Gasteiger partial charge in [0.15, 0.2) is 0 Å². The minimum absolute atomic E-state index is 0.0331. The number of carbonyl (C=O) groups is 2. The first kappa shape index (κ1) is 20.7. The van der Waals surface area contributed by atoms with E-state index in [0.717, 1.165) is 22.4 Å². The lowest BCUT2D eigenvalue weighted by Gasteiger charge is -2.26. The van der Waals surface area contributed by atoms with E-state index in [4.69, 9.17) is 0 Å². The molecule has 1 N–H and O–H groups in total. The highest BCUT2D eigenvalue weighted by Gasteiger charge is 2.21. The number of fused-ring (bicyclic) bond motifs is 2. The first-order valence-corrected chi connectivity index (χ1v) is 10.1. The summed E-state index contributed by atoms with van der Waals surface area (Å²) < 4.78 is 0. The van der Waals surface area contributed by atoms with Gasteiger partial charge in [0.2, 0.25) is 11.8 Å². The van der Waals surface area contributed by atoms with Gasteiger partial charge in [0.1, 0.15) is 0 Å². The summed E-state index contributed by atoms with van der Waals surface area (Å²) in [6, 6.07) is 15.7. The summed E-state index contributed by atoms with van der Waals surface area (Å²) in [5.41, 5.74) is 3.49. The van der Waals surface area contributed by atoms with Gasteiger partial charge in [0, 0.05) is 29.5 Å². The zero-order valence-corrected chi connectivity index (χ0v) is 17.4. The van der Waals surface area contributed by atoms with E-state index in [0.29, 0.717) is 32.2 Å². The Morgan fingerprint density at radius 1 is 0.931 bits per heavy atom. The molecule has 0 saturated carbocycles. The highest BCUT2D eigenvalue weighted by molar-refractivity contribution is 5.95. The SMILES string of the molecule is CC(C)(C)NC(=O)CCCCC(=O)N1Cc2ccccc2C#Cc2ccccc21. The zero-order valence-electron chi connectivity index (χ0n) is 17.4. The Balaban J connectivity index is 1.69. The van der Waals surface area contributed by atoms with Crippen molar-refractivity contribution in [3.05, 3.63) is 65.2 Å². The first-order chi connectivity index (χ1) is 13.8. The van der Waals surface area contributed by atoms with Crippen LogP contribution >= 0.6 is 0 Å². The fourth-order valence-electron chi connectivity index (χ4n) is 3.39. The molecule has 0 atom stereocenters. The molecule has 4 heteroatoms. The van der Waals surface area contributed by atoms with Crippen LogP contribution in [0.15, 0.2) is 48.5 Å². The molecule has 0 fully saturated rings. The third kappa shape index (κ3) is 5.71. The quantitative estimate of drug-likeness (QED) is 0.609. The molecule has 0 aliphatic carbocycles. The highest BCUT2D eigenvalue weighted by Crippen LogP contribution is 2.26. The first-order valence-electron chi connectivity index (χ1n) is 10.1. The molecule has 1 heterocycles. The van der Waals surface area contributed by atoms with Crippen LogP contribution in [0.2, 0.25) is 0 Å². The molecule has 3 rings (SSSR count). The molecule has 2 aromatic rings. The van der Waals surface area contributed by atoms with Crippen LogP contribution in [0.4, 0.5) is 5.69 Å². The highest BCUT2D eigenvalue weighted by atomic mass is 16.2. The Morgan fingerprint density at radius 3 is 2.31 bits per heavy atom. The summed E-state index contributed by atoms with van der Waals surface area (Å²) in [6.07, 6.45) is 2.23. The third-order valence-corrected chi connectivity index (χ3v) is 4.73. The van der Waals surface area contributed by atoms with Crippen LogP contribution < -0.4 is 10.2 Å². The molecule has 0 aromatic heterocycles. The number of nitrogens with zero attached hydrogens (tertiary/aromatic N) is 1. The smallest absolute Gasteiger partial charge is 0.227 e. The molecule has 4 nitrogen and oxygen atoms in total. The van der Waals surface area contributed by atoms with Crippen molar-refractivity contribution in [1.29, 1.82) is 0 Å². The summed E-state index contributed by atoms with van der Waals surface area (Å²) in [5.74, 6) is 6.54. The van der Waals surface area contributed by atoms with Crippen molar-refractivity contribution in [3.63, 3.8) is 0 Å². The second-order valence-corrected chi connectivity index (χ2v) is 8.41. The number of para-hydroxylation sites is 1. The molecule has 0 radical (unpaired) electrons. The van der Waals surface area contributed by atoms with Crippen molar-refractivity contribution < 1.29 is 9.59 Å². The van der Waals surface area contributed by atoms with Crippen LogP contribution in [0.3, 0.4) is 0 Å². The number of nitrogens with one attached hydrogen (secondary N) is 1. The lowest BCUT2D eigenvalue weighted by atomic mass is 10.0. The van der Waals surface area contributed by atoms with Gasteiger partial charge >= 0.3 is 0 Å². The number of unbranched alkanes of at least 4 members (excludes halogenated alkanes) is 1. The van der Waals surface area contributed by atoms with Crippen molar-refractivity contribution in [3.8, 4) is 11.8 Å². The predicted molar refractivity (Wildman–Crippen MR) is 116 cm³/mol. The van der Waals surface area contributed by atoms with E-state index >= 15 is 0 Å². The molecule has 0 bridgehead atoms. The average Bonchev–Trinajstić information content (AvgIpc) is 2.65. The number of hydrogen-bond acceptors (Lipinski definition) is 2. The standard InChI is InChI=1S/C25H28N2O2/c1-25(2,3)26-23(28)14-8-9-15-24(29)27-18-21-12-5-4-10-19(21)16-17-20-11-6-7-13-22(20)27/h4-7,10-13H,8-9,14-15,18H2,1-3H3,(H,26,28). The van der Waals surface area contributed by atoms with Gasteiger partial charge in [-0.25, -0.2) is 0 Å². The summed E-state index contributed by atoms with van der Waals surface area (Å²) in [7, 11) is 0. The van der Waals surface area contributed by atoms with Crippen molar-refractivity contribution in [2.75, 3.05) is 4.90 Å². The average molecular weight is 389 g/mol. The summed E-state index contributed by atoms with van der Waals surface area (Å²) >= 11 is 0. The van der Waals surface area contributed by atoms with Gasteiger partial charge in [-0.3, -0.25) is 9.59 Å². The number of hydrogen-bond donors (Lipinski definition) is 1. The summed E-state index contributed by atoms with van der Waals surface area (Å²) in [5, 5.41) is 2.96. The molecule has 2 aromatic carbocycles. The normalized spacial score (nSPS) is 12.6. The van der Waals surface area contributed by atoms with Gasteiger partial charge in [-0.2, -0.15) is 0 Å². The van der Waals surface area contributed by atoms with Crippen LogP contribution in [0.25, 0.3) is 0 Å². The molecule has 0 unspecified atom stereocenters. The second-order valence-electron chi connectivity index (χ2n) is 8.41. The van der Waals surface area contributed by atoms with E-state index < -0.39 is 0 Å². The summed E-state index contributed by atoms with van der Waals surface area (Å²) in [6.45, 7) is 6.41. The molecule has 0 spiro atoms. The van der Waals surface area contributed by atoms with Crippen molar-refractivity contribution in [2.45, 2.75) is 58.5 Å². The lowest BCUT2D eigenvalue weighted by molar-refractivity contribution is -0.123. The Labute approximate surface area is 173 Å². The van der Waals surface area contributed by atoms with E-state index in [2.05, 4.69) is 17.2 Å². The molecular formula is C25H28N2O2. The molecule has 1 aliphatic rings. The molecular weight excluding hydrogens is 360 g/mol. The molecule has 0 saturated heterocycles. The molecule has 150 valence electrons. The maximum atomic E-state index is 13.1. The van der Waals surface area contributed by atoms with E-state index in [1.807, 2.05) is 74.2 Å². The Kier molecular flexibility index (Phi) is 6.39. The van der Waals surface area contributed by atoms with Gasteiger partial charge in [-0.1, -0.05) is 42.2 Å². The minimum atomic E-state index is -0.227. The van der Waals surface area contributed by atoms with Crippen LogP contribution in [0.1, 0.15) is 63.1 Å². The van der Waals surface area contributed by atoms with E-state index in [1.54, 1.807) is 0 Å². The van der Waals surface area contributed by atoms with Crippen LogP contribution in [-0.4, -0.2) is 17.4 Å². The third-order valence-electron chi connectivity index (χ3n) is 4.73. The number of rotatable bonds is 5. The lowest BCUT2D eigenvalue weighted by Crippen LogP contribution is -2.40. The summed E-state index contributed by atoms with van der Waals surface area (Å²) in [4.78, 5) is 26.9. The van der Waals surface area contributed by atoms with E-state index in [1.165, 1.54) is 0 Å². The van der Waals surface area contributed by atoms with Crippen LogP contribution in [0.5, 0.6) is 0 Å². The largest absolute Gasteiger partial charge is 0.352 e. The van der Waals surface area contributed by atoms with Gasteiger partial charge in [-0.05, 0) is 57.4 Å². The zero-order chi connectivity index (χ0) is 20.9. The maximum absolute atomic E-state index is 13.1. The van der Waals surface area contributed by atoms with Gasteiger partial charge in [0.25, 0.3) is 0 Å². The Morgan fingerprint density at radius 2 is 1.55 bits per heavy atom. The minimum Gasteiger partial charge on any atom is -0.352 e. The number of benzene rings is 2. The fraction of sp³-hybridized carbons (Fsp3) is 0.360. The number of amides is 2. The second kappa shape index (κ2) is 8.96. The van der Waals surface area contributed by atoms with Gasteiger partial charge < -0.3 is 10.2 Å². The van der Waals surface area contributed by atoms with Gasteiger partial charge in [-0.15, -0.1) is 0 Å². The van der Waals surface area contributed by atoms with E-state index in [9.17, 15) is 9.59 Å². The number of anilines is 1. The van der Waals surface area contributed by atoms with Gasteiger partial charge in [0.05, 0.1) is 12.2 Å². The fourth-order valence-corrected chi connectivity index (χ4v) is 3.39. The molecule has 29 heavy (non-hydrogen) atoms. The topological polar surface area (TPSA) is 49.4 Å². The number of carbonyl (C=O) groups excluding carboxylic acids is 2. The Hall–Kier alpha value is -3.06. The van der Waals surface area contributed by atoms with E-state index in [-0.39, 0.29) is 17.4 Å². The predicted octanol–water partition coefficient (Wildman–Crippen LogP) is 4.41. The molecule has 1 aliphatic heterocycles. The van der Waals surface area contributed by atoms with Crippen molar-refractivity contribution in [2.24, 2.45) is 0 Å². The Bertz CT molecular complexity index is 961. The molecule has 2 amide bonds.